The molecule has 130 valence electrons. The molecule has 1 aromatic heterocycles. The molecule has 0 radical (unpaired) electrons. The zero-order chi connectivity index (χ0) is 17.9. The molecule has 1 amide bonds. The van der Waals surface area contributed by atoms with E-state index in [2.05, 4.69) is 9.72 Å². The van der Waals surface area contributed by atoms with Crippen molar-refractivity contribution in [1.29, 1.82) is 0 Å². The van der Waals surface area contributed by atoms with E-state index in [-0.39, 0.29) is 17.5 Å². The van der Waals surface area contributed by atoms with E-state index in [9.17, 15) is 9.59 Å². The first kappa shape index (κ1) is 17.8. The number of aromatic nitrogens is 1. The van der Waals surface area contributed by atoms with Gasteiger partial charge in [0.1, 0.15) is 5.60 Å². The third kappa shape index (κ3) is 4.24. The first-order valence-corrected chi connectivity index (χ1v) is 7.73. The molecule has 0 aromatic carbocycles. The summed E-state index contributed by atoms with van der Waals surface area (Å²) in [5.74, 6) is -0.568. The number of esters is 1. The SMILES string of the molecule is COC(=O)c1nc(C2=CCN(C(=O)OC(C)(C)C)CC2)ccc1N. The van der Waals surface area contributed by atoms with Gasteiger partial charge in [-0.2, -0.15) is 0 Å². The van der Waals surface area contributed by atoms with E-state index in [4.69, 9.17) is 10.5 Å². The van der Waals surface area contributed by atoms with E-state index in [0.717, 1.165) is 5.57 Å². The van der Waals surface area contributed by atoms with Crippen LogP contribution >= 0.6 is 0 Å². The van der Waals surface area contributed by atoms with Crippen molar-refractivity contribution in [3.05, 3.63) is 29.6 Å². The number of carbonyl (C=O) groups is 2. The minimum atomic E-state index is -0.568. The fourth-order valence-electron chi connectivity index (χ4n) is 2.30. The number of hydrogen-bond acceptors (Lipinski definition) is 6. The van der Waals surface area contributed by atoms with Crippen LogP contribution < -0.4 is 5.73 Å². The van der Waals surface area contributed by atoms with E-state index in [1.807, 2.05) is 26.8 Å². The molecular weight excluding hydrogens is 310 g/mol. The maximum Gasteiger partial charge on any atom is 0.410 e. The maximum atomic E-state index is 12.1. The maximum absolute atomic E-state index is 12.1. The molecule has 0 unspecified atom stereocenters. The van der Waals surface area contributed by atoms with Crippen LogP contribution in [0.4, 0.5) is 10.5 Å². The van der Waals surface area contributed by atoms with Crippen LogP contribution in [0.2, 0.25) is 0 Å². The van der Waals surface area contributed by atoms with Gasteiger partial charge < -0.3 is 20.1 Å². The van der Waals surface area contributed by atoms with Gasteiger partial charge in [0.25, 0.3) is 0 Å². The summed E-state index contributed by atoms with van der Waals surface area (Å²) >= 11 is 0. The average molecular weight is 333 g/mol. The third-order valence-electron chi connectivity index (χ3n) is 3.50. The van der Waals surface area contributed by atoms with E-state index < -0.39 is 11.6 Å². The molecule has 7 heteroatoms. The fraction of sp³-hybridized carbons (Fsp3) is 0.471. The Morgan fingerprint density at radius 3 is 2.54 bits per heavy atom. The molecule has 2 heterocycles. The van der Waals surface area contributed by atoms with Gasteiger partial charge in [0.05, 0.1) is 18.5 Å². The lowest BCUT2D eigenvalue weighted by Gasteiger charge is -2.29. The molecule has 0 bridgehead atoms. The number of hydrogen-bond donors (Lipinski definition) is 1. The number of carbonyl (C=O) groups excluding carboxylic acids is 2. The topological polar surface area (TPSA) is 94.8 Å². The Kier molecular flexibility index (Phi) is 5.11. The first-order valence-electron chi connectivity index (χ1n) is 7.73. The molecule has 1 aliphatic heterocycles. The number of methoxy groups -OCH3 is 1. The second-order valence-electron chi connectivity index (χ2n) is 6.53. The molecule has 0 saturated carbocycles. The highest BCUT2D eigenvalue weighted by Crippen LogP contribution is 2.24. The standard InChI is InChI=1S/C17H23N3O4/c1-17(2,3)24-16(22)20-9-7-11(8-10-20)13-6-5-12(18)14(19-13)15(21)23-4/h5-7H,8-10,18H2,1-4H3. The van der Waals surface area contributed by atoms with Crippen molar-refractivity contribution in [1.82, 2.24) is 9.88 Å². The minimum absolute atomic E-state index is 0.102. The summed E-state index contributed by atoms with van der Waals surface area (Å²) < 4.78 is 10.0. The molecule has 1 aliphatic rings. The number of nitrogen functional groups attached to an aromatic ring is 1. The predicted molar refractivity (Wildman–Crippen MR) is 90.4 cm³/mol. The van der Waals surface area contributed by atoms with Crippen LogP contribution in [0.1, 0.15) is 43.4 Å². The normalized spacial score (nSPS) is 14.8. The molecule has 0 atom stereocenters. The van der Waals surface area contributed by atoms with Gasteiger partial charge in [-0.3, -0.25) is 0 Å². The average Bonchev–Trinajstić information content (AvgIpc) is 2.53. The highest BCUT2D eigenvalue weighted by molar-refractivity contribution is 5.93. The van der Waals surface area contributed by atoms with E-state index >= 15 is 0 Å². The molecule has 7 nitrogen and oxygen atoms in total. The zero-order valence-electron chi connectivity index (χ0n) is 14.5. The van der Waals surface area contributed by atoms with Gasteiger partial charge in [-0.25, -0.2) is 14.6 Å². The summed E-state index contributed by atoms with van der Waals surface area (Å²) in [4.78, 5) is 29.7. The van der Waals surface area contributed by atoms with Gasteiger partial charge in [0.15, 0.2) is 5.69 Å². The Morgan fingerprint density at radius 2 is 2.00 bits per heavy atom. The van der Waals surface area contributed by atoms with E-state index in [1.54, 1.807) is 17.0 Å². The number of pyridine rings is 1. The van der Waals surface area contributed by atoms with Crippen molar-refractivity contribution in [2.45, 2.75) is 32.8 Å². The summed E-state index contributed by atoms with van der Waals surface area (Å²) in [5, 5.41) is 0. The summed E-state index contributed by atoms with van der Waals surface area (Å²) in [6.07, 6.45) is 2.20. The lowest BCUT2D eigenvalue weighted by molar-refractivity contribution is 0.0270. The number of anilines is 1. The van der Waals surface area contributed by atoms with Crippen LogP contribution in [0.3, 0.4) is 0 Å². The van der Waals surface area contributed by atoms with Crippen molar-refractivity contribution in [3.8, 4) is 0 Å². The minimum Gasteiger partial charge on any atom is -0.464 e. The first-order chi connectivity index (χ1) is 11.2. The number of amides is 1. The van der Waals surface area contributed by atoms with Crippen molar-refractivity contribution in [3.63, 3.8) is 0 Å². The highest BCUT2D eigenvalue weighted by atomic mass is 16.6. The Hall–Kier alpha value is -2.57. The molecule has 0 spiro atoms. The van der Waals surface area contributed by atoms with Crippen LogP contribution in [0.15, 0.2) is 18.2 Å². The van der Waals surface area contributed by atoms with Crippen molar-refractivity contribution >= 4 is 23.3 Å². The Labute approximate surface area is 141 Å². The highest BCUT2D eigenvalue weighted by Gasteiger charge is 2.24. The molecule has 2 N–H and O–H groups in total. The molecule has 0 aliphatic carbocycles. The summed E-state index contributed by atoms with van der Waals surface area (Å²) in [6.45, 7) is 6.47. The lowest BCUT2D eigenvalue weighted by atomic mass is 10.0. The van der Waals surface area contributed by atoms with Gasteiger partial charge in [-0.15, -0.1) is 0 Å². The number of nitrogens with zero attached hydrogens (tertiary/aromatic N) is 2. The van der Waals surface area contributed by atoms with Gasteiger partial charge >= 0.3 is 12.1 Å². The van der Waals surface area contributed by atoms with Gasteiger partial charge in [-0.05, 0) is 44.9 Å². The molecule has 1 aromatic rings. The zero-order valence-corrected chi connectivity index (χ0v) is 14.5. The van der Waals surface area contributed by atoms with Crippen LogP contribution in [0.5, 0.6) is 0 Å². The molecule has 0 fully saturated rings. The number of nitrogens with two attached hydrogens (primary N) is 1. The van der Waals surface area contributed by atoms with Gasteiger partial charge in [0.2, 0.25) is 0 Å². The Morgan fingerprint density at radius 1 is 1.29 bits per heavy atom. The quantitative estimate of drug-likeness (QED) is 0.836. The molecule has 24 heavy (non-hydrogen) atoms. The largest absolute Gasteiger partial charge is 0.464 e. The fourth-order valence-corrected chi connectivity index (χ4v) is 2.30. The number of ether oxygens (including phenoxy) is 2. The van der Waals surface area contributed by atoms with Crippen LogP contribution in [-0.4, -0.2) is 47.7 Å². The van der Waals surface area contributed by atoms with Crippen molar-refractivity contribution < 1.29 is 19.1 Å². The Balaban J connectivity index is 2.13. The predicted octanol–water partition coefficient (Wildman–Crippen LogP) is 2.47. The summed E-state index contributed by atoms with van der Waals surface area (Å²) in [7, 11) is 1.29. The van der Waals surface area contributed by atoms with Crippen molar-refractivity contribution in [2.75, 3.05) is 25.9 Å². The van der Waals surface area contributed by atoms with Crippen LogP contribution in [-0.2, 0) is 9.47 Å². The molecule has 0 saturated heterocycles. The number of rotatable bonds is 2. The second-order valence-corrected chi connectivity index (χ2v) is 6.53. The van der Waals surface area contributed by atoms with Crippen LogP contribution in [0.25, 0.3) is 5.57 Å². The second kappa shape index (κ2) is 6.90. The third-order valence-corrected chi connectivity index (χ3v) is 3.50. The van der Waals surface area contributed by atoms with E-state index in [1.165, 1.54) is 7.11 Å². The van der Waals surface area contributed by atoms with Crippen LogP contribution in [0, 0.1) is 0 Å². The van der Waals surface area contributed by atoms with E-state index in [0.29, 0.717) is 25.2 Å². The lowest BCUT2D eigenvalue weighted by Crippen LogP contribution is -2.39. The Bertz CT molecular complexity index is 677. The van der Waals surface area contributed by atoms with Gasteiger partial charge in [-0.1, -0.05) is 6.08 Å². The molecule has 2 rings (SSSR count). The monoisotopic (exact) mass is 333 g/mol. The van der Waals surface area contributed by atoms with Crippen molar-refractivity contribution in [2.24, 2.45) is 0 Å². The molecular formula is C17H23N3O4. The smallest absolute Gasteiger partial charge is 0.410 e. The summed E-state index contributed by atoms with van der Waals surface area (Å²) in [6, 6.07) is 3.40. The van der Waals surface area contributed by atoms with Gasteiger partial charge in [0, 0.05) is 13.1 Å². The summed E-state index contributed by atoms with van der Waals surface area (Å²) in [5.41, 5.74) is 7.24.